The standard InChI is InChI=1S/C13H27N3OS.ClH/c1-15-7-4-11(5-8-15)10-16(2)13(17)12(14)6-9-18-3;/h11-12H,4-10,14H2,1-3H3;1H. The lowest BCUT2D eigenvalue weighted by atomic mass is 9.96. The Bertz CT molecular complexity index is 260. The molecule has 1 atom stereocenters. The summed E-state index contributed by atoms with van der Waals surface area (Å²) in [5.74, 6) is 1.69. The van der Waals surface area contributed by atoms with E-state index in [1.54, 1.807) is 11.8 Å². The fraction of sp³-hybridized carbons (Fsp3) is 0.923. The number of hydrogen-bond acceptors (Lipinski definition) is 4. The highest BCUT2D eigenvalue weighted by Crippen LogP contribution is 2.17. The number of piperidine rings is 1. The van der Waals surface area contributed by atoms with Gasteiger partial charge in [-0.15, -0.1) is 12.4 Å². The number of amides is 1. The second-order valence-electron chi connectivity index (χ2n) is 5.35. The zero-order valence-electron chi connectivity index (χ0n) is 12.3. The van der Waals surface area contributed by atoms with E-state index in [1.807, 2.05) is 18.2 Å². The molecule has 114 valence electrons. The van der Waals surface area contributed by atoms with Crippen LogP contribution in [0.2, 0.25) is 0 Å². The Labute approximate surface area is 127 Å². The van der Waals surface area contributed by atoms with Gasteiger partial charge in [-0.25, -0.2) is 0 Å². The van der Waals surface area contributed by atoms with Crippen LogP contribution in [0, 0.1) is 5.92 Å². The van der Waals surface area contributed by atoms with Crippen molar-refractivity contribution in [3.05, 3.63) is 0 Å². The van der Waals surface area contributed by atoms with Gasteiger partial charge in [0.2, 0.25) is 5.91 Å². The minimum atomic E-state index is -0.325. The summed E-state index contributed by atoms with van der Waals surface area (Å²) in [6.07, 6.45) is 5.19. The zero-order chi connectivity index (χ0) is 13.5. The molecule has 0 aliphatic carbocycles. The first kappa shape index (κ1) is 19.0. The Morgan fingerprint density at radius 2 is 2.05 bits per heavy atom. The van der Waals surface area contributed by atoms with Gasteiger partial charge in [-0.05, 0) is 57.3 Å². The van der Waals surface area contributed by atoms with E-state index in [9.17, 15) is 4.79 Å². The highest BCUT2D eigenvalue weighted by molar-refractivity contribution is 7.98. The van der Waals surface area contributed by atoms with Gasteiger partial charge in [0, 0.05) is 13.6 Å². The maximum absolute atomic E-state index is 12.1. The Morgan fingerprint density at radius 1 is 1.47 bits per heavy atom. The highest BCUT2D eigenvalue weighted by atomic mass is 35.5. The third-order valence-corrected chi connectivity index (χ3v) is 4.34. The van der Waals surface area contributed by atoms with Gasteiger partial charge in [-0.1, -0.05) is 0 Å². The second-order valence-corrected chi connectivity index (χ2v) is 6.34. The molecular formula is C13H28ClN3OS. The van der Waals surface area contributed by atoms with Crippen molar-refractivity contribution in [3.63, 3.8) is 0 Å². The van der Waals surface area contributed by atoms with Crippen molar-refractivity contribution >= 4 is 30.1 Å². The van der Waals surface area contributed by atoms with Gasteiger partial charge in [0.05, 0.1) is 6.04 Å². The van der Waals surface area contributed by atoms with E-state index < -0.39 is 0 Å². The molecule has 1 rings (SSSR count). The van der Waals surface area contributed by atoms with Crippen LogP contribution in [-0.4, -0.2) is 67.5 Å². The zero-order valence-corrected chi connectivity index (χ0v) is 13.9. The first-order chi connectivity index (χ1) is 8.54. The summed E-state index contributed by atoms with van der Waals surface area (Å²) in [6.45, 7) is 3.15. The number of likely N-dealkylation sites (N-methyl/N-ethyl adjacent to an activating group) is 1. The predicted molar refractivity (Wildman–Crippen MR) is 86.1 cm³/mol. The van der Waals surface area contributed by atoms with E-state index in [-0.39, 0.29) is 24.4 Å². The smallest absolute Gasteiger partial charge is 0.239 e. The number of nitrogens with two attached hydrogens (primary N) is 1. The molecule has 1 fully saturated rings. The number of rotatable bonds is 6. The highest BCUT2D eigenvalue weighted by Gasteiger charge is 2.23. The Hall–Kier alpha value is 0.0300. The average Bonchev–Trinajstić information content (AvgIpc) is 2.37. The quantitative estimate of drug-likeness (QED) is 0.803. The maximum atomic E-state index is 12.1. The first-order valence-corrected chi connectivity index (χ1v) is 8.12. The lowest BCUT2D eigenvalue weighted by Gasteiger charge is -2.32. The van der Waals surface area contributed by atoms with Crippen LogP contribution >= 0.6 is 24.2 Å². The van der Waals surface area contributed by atoms with E-state index in [1.165, 1.54) is 12.8 Å². The van der Waals surface area contributed by atoms with Gasteiger partial charge in [0.15, 0.2) is 0 Å². The third kappa shape index (κ3) is 6.84. The molecule has 1 saturated heterocycles. The molecule has 19 heavy (non-hydrogen) atoms. The van der Waals surface area contributed by atoms with E-state index in [2.05, 4.69) is 11.9 Å². The number of carbonyl (C=O) groups excluding carboxylic acids is 1. The molecule has 6 heteroatoms. The van der Waals surface area contributed by atoms with Crippen LogP contribution in [0.15, 0.2) is 0 Å². The molecule has 2 N–H and O–H groups in total. The normalized spacial score (nSPS) is 18.7. The molecule has 1 heterocycles. The van der Waals surface area contributed by atoms with Crippen LogP contribution in [0.25, 0.3) is 0 Å². The molecule has 1 amide bonds. The van der Waals surface area contributed by atoms with E-state index in [4.69, 9.17) is 5.73 Å². The monoisotopic (exact) mass is 309 g/mol. The van der Waals surface area contributed by atoms with Crippen LogP contribution in [0.3, 0.4) is 0 Å². The lowest BCUT2D eigenvalue weighted by molar-refractivity contribution is -0.132. The molecule has 0 aromatic rings. The van der Waals surface area contributed by atoms with Crippen molar-refractivity contribution < 1.29 is 4.79 Å². The topological polar surface area (TPSA) is 49.6 Å². The largest absolute Gasteiger partial charge is 0.344 e. The summed E-state index contributed by atoms with van der Waals surface area (Å²) in [5.41, 5.74) is 5.92. The van der Waals surface area contributed by atoms with Gasteiger partial charge in [0.1, 0.15) is 0 Å². The summed E-state index contributed by atoms with van der Waals surface area (Å²) >= 11 is 1.74. The maximum Gasteiger partial charge on any atom is 0.239 e. The number of nitrogens with zero attached hydrogens (tertiary/aromatic N) is 2. The molecule has 0 aromatic heterocycles. The predicted octanol–water partition coefficient (Wildman–Crippen LogP) is 1.29. The summed E-state index contributed by atoms with van der Waals surface area (Å²) in [4.78, 5) is 16.3. The van der Waals surface area contributed by atoms with Gasteiger partial charge >= 0.3 is 0 Å². The molecule has 0 bridgehead atoms. The van der Waals surface area contributed by atoms with Gasteiger partial charge in [-0.2, -0.15) is 11.8 Å². The van der Waals surface area contributed by atoms with Crippen molar-refractivity contribution in [3.8, 4) is 0 Å². The fourth-order valence-electron chi connectivity index (χ4n) is 2.37. The van der Waals surface area contributed by atoms with Crippen LogP contribution in [0.5, 0.6) is 0 Å². The van der Waals surface area contributed by atoms with Crippen LogP contribution in [0.4, 0.5) is 0 Å². The molecule has 0 spiro atoms. The number of hydrogen-bond donors (Lipinski definition) is 1. The number of halogens is 1. The van der Waals surface area contributed by atoms with Crippen molar-refractivity contribution in [2.24, 2.45) is 11.7 Å². The third-order valence-electron chi connectivity index (χ3n) is 3.70. The number of carbonyl (C=O) groups is 1. The van der Waals surface area contributed by atoms with Crippen LogP contribution in [0.1, 0.15) is 19.3 Å². The van der Waals surface area contributed by atoms with Crippen LogP contribution < -0.4 is 5.73 Å². The first-order valence-electron chi connectivity index (χ1n) is 6.72. The molecule has 0 saturated carbocycles. The molecule has 1 unspecified atom stereocenters. The number of thioether (sulfide) groups is 1. The van der Waals surface area contributed by atoms with Crippen molar-refractivity contribution in [1.82, 2.24) is 9.80 Å². The second kappa shape index (κ2) is 9.86. The molecule has 0 radical (unpaired) electrons. The average molecular weight is 310 g/mol. The summed E-state index contributed by atoms with van der Waals surface area (Å²) in [6, 6.07) is -0.325. The summed E-state index contributed by atoms with van der Waals surface area (Å²) in [7, 11) is 4.04. The Balaban J connectivity index is 0.00000324. The van der Waals surface area contributed by atoms with Crippen LogP contribution in [-0.2, 0) is 4.79 Å². The minimum absolute atomic E-state index is 0. The molecule has 1 aliphatic heterocycles. The van der Waals surface area contributed by atoms with Crippen molar-refractivity contribution in [2.75, 3.05) is 45.7 Å². The number of likely N-dealkylation sites (tertiary alicyclic amines) is 1. The van der Waals surface area contributed by atoms with E-state index in [0.717, 1.165) is 31.8 Å². The van der Waals surface area contributed by atoms with E-state index >= 15 is 0 Å². The van der Waals surface area contributed by atoms with Gasteiger partial charge < -0.3 is 15.5 Å². The molecular weight excluding hydrogens is 282 g/mol. The van der Waals surface area contributed by atoms with Gasteiger partial charge in [-0.3, -0.25) is 4.79 Å². The minimum Gasteiger partial charge on any atom is -0.344 e. The molecule has 0 aromatic carbocycles. The van der Waals surface area contributed by atoms with Gasteiger partial charge in [0.25, 0.3) is 0 Å². The fourth-order valence-corrected chi connectivity index (χ4v) is 2.86. The summed E-state index contributed by atoms with van der Waals surface area (Å²) in [5, 5.41) is 0. The van der Waals surface area contributed by atoms with Crippen molar-refractivity contribution in [1.29, 1.82) is 0 Å². The molecule has 4 nitrogen and oxygen atoms in total. The SMILES string of the molecule is CSCCC(N)C(=O)N(C)CC1CCN(C)CC1.Cl. The lowest BCUT2D eigenvalue weighted by Crippen LogP contribution is -2.45. The Kier molecular flexibility index (Phi) is 9.87. The molecule has 1 aliphatic rings. The van der Waals surface area contributed by atoms with E-state index in [0.29, 0.717) is 5.92 Å². The van der Waals surface area contributed by atoms with Crippen molar-refractivity contribution in [2.45, 2.75) is 25.3 Å². The Morgan fingerprint density at radius 3 is 2.58 bits per heavy atom. The summed E-state index contributed by atoms with van der Waals surface area (Å²) < 4.78 is 0.